The van der Waals surface area contributed by atoms with Crippen molar-refractivity contribution < 1.29 is 0 Å². The average molecular weight is 639 g/mol. The lowest BCUT2D eigenvalue weighted by Gasteiger charge is -2.45. The van der Waals surface area contributed by atoms with Gasteiger partial charge >= 0.3 is 0 Å². The maximum Gasteiger partial charge on any atom is 0.182 e. The first-order valence-electron chi connectivity index (χ1n) is 17.0. The number of benzene rings is 7. The summed E-state index contributed by atoms with van der Waals surface area (Å²) in [6.45, 7) is 0. The van der Waals surface area contributed by atoms with Crippen LogP contribution in [0.3, 0.4) is 0 Å². The van der Waals surface area contributed by atoms with E-state index >= 15 is 0 Å². The van der Waals surface area contributed by atoms with Crippen molar-refractivity contribution in [1.29, 1.82) is 0 Å². The van der Waals surface area contributed by atoms with Crippen LogP contribution in [0.2, 0.25) is 0 Å². The molecule has 0 fully saturated rings. The van der Waals surface area contributed by atoms with Gasteiger partial charge in [0, 0.05) is 22.4 Å². The van der Waals surface area contributed by atoms with Crippen LogP contribution >= 0.6 is 0 Å². The molecule has 0 bridgehead atoms. The number of fused-ring (bicyclic) bond motifs is 9. The molecule has 234 valence electrons. The molecule has 0 radical (unpaired) electrons. The van der Waals surface area contributed by atoms with Crippen molar-refractivity contribution in [2.45, 2.75) is 5.41 Å². The number of rotatable bonds is 4. The number of para-hydroxylation sites is 2. The second kappa shape index (κ2) is 11.2. The van der Waals surface area contributed by atoms with Gasteiger partial charge in [-0.15, -0.1) is 10.2 Å². The Morgan fingerprint density at radius 2 is 0.900 bits per heavy atom. The molecule has 0 N–H and O–H groups in total. The molecule has 1 aliphatic carbocycles. The van der Waals surface area contributed by atoms with Gasteiger partial charge in [-0.05, 0) is 69.8 Å². The zero-order chi connectivity index (χ0) is 33.1. The topological polar surface area (TPSA) is 41.9 Å². The zero-order valence-corrected chi connectivity index (χ0v) is 27.1. The van der Waals surface area contributed by atoms with Crippen LogP contribution in [-0.4, -0.2) is 15.2 Å². The van der Waals surface area contributed by atoms with Crippen LogP contribution in [0.15, 0.2) is 182 Å². The maximum absolute atomic E-state index is 5.28. The predicted molar refractivity (Wildman–Crippen MR) is 202 cm³/mol. The van der Waals surface area contributed by atoms with E-state index in [-0.39, 0.29) is 0 Å². The van der Waals surface area contributed by atoms with Crippen molar-refractivity contribution in [2.75, 3.05) is 4.90 Å². The van der Waals surface area contributed by atoms with Crippen molar-refractivity contribution in [3.63, 3.8) is 0 Å². The van der Waals surface area contributed by atoms with Crippen LogP contribution in [0.4, 0.5) is 17.1 Å². The number of hydrogen-bond acceptors (Lipinski definition) is 4. The van der Waals surface area contributed by atoms with Crippen LogP contribution < -0.4 is 4.90 Å². The fourth-order valence-corrected chi connectivity index (χ4v) is 8.14. The summed E-state index contributed by atoms with van der Waals surface area (Å²) in [7, 11) is 0. The molecule has 2 aliphatic rings. The molecule has 10 rings (SSSR count). The Morgan fingerprint density at radius 1 is 0.380 bits per heavy atom. The Kier molecular flexibility index (Phi) is 6.36. The Balaban J connectivity index is 1.27. The largest absolute Gasteiger partial charge is 0.310 e. The van der Waals surface area contributed by atoms with E-state index in [0.717, 1.165) is 39.5 Å². The van der Waals surface area contributed by atoms with Crippen molar-refractivity contribution in [2.24, 2.45) is 0 Å². The van der Waals surface area contributed by atoms with Gasteiger partial charge in [-0.3, -0.25) is 0 Å². The SMILES string of the molecule is c1ccc(-c2nnc(-c3ccc4c(c3)C3(c5ccccc5-c5ccccc53)c3ccccc3N4c3ccccc3)nc2-c2ccccc2)cc1. The second-order valence-electron chi connectivity index (χ2n) is 12.8. The van der Waals surface area contributed by atoms with Crippen molar-refractivity contribution >= 4 is 17.1 Å². The third-order valence-corrected chi connectivity index (χ3v) is 10.2. The highest BCUT2D eigenvalue weighted by atomic mass is 15.2. The summed E-state index contributed by atoms with van der Waals surface area (Å²) >= 11 is 0. The molecule has 0 saturated heterocycles. The van der Waals surface area contributed by atoms with Gasteiger partial charge in [0.25, 0.3) is 0 Å². The zero-order valence-electron chi connectivity index (χ0n) is 27.1. The minimum Gasteiger partial charge on any atom is -0.310 e. The quantitative estimate of drug-likeness (QED) is 0.192. The first-order valence-corrected chi connectivity index (χ1v) is 17.0. The molecule has 1 aliphatic heterocycles. The molecule has 1 aromatic heterocycles. The monoisotopic (exact) mass is 638 g/mol. The molecule has 1 spiro atoms. The Morgan fingerprint density at radius 3 is 1.56 bits per heavy atom. The first kappa shape index (κ1) is 28.4. The average Bonchev–Trinajstić information content (AvgIpc) is 3.49. The molecular formula is C46H30N4. The highest BCUT2D eigenvalue weighted by molar-refractivity contribution is 5.96. The normalized spacial score (nSPS) is 13.3. The minimum atomic E-state index is -0.555. The first-order chi connectivity index (χ1) is 24.8. The molecule has 0 amide bonds. The summed E-state index contributed by atoms with van der Waals surface area (Å²) in [5.74, 6) is 0.589. The molecule has 0 saturated carbocycles. The number of anilines is 3. The van der Waals surface area contributed by atoms with E-state index < -0.39 is 5.41 Å². The molecule has 4 heteroatoms. The molecular weight excluding hydrogens is 609 g/mol. The van der Waals surface area contributed by atoms with Gasteiger partial charge in [0.05, 0.1) is 16.8 Å². The van der Waals surface area contributed by atoms with E-state index in [1.54, 1.807) is 0 Å². The van der Waals surface area contributed by atoms with Crippen molar-refractivity contribution in [3.8, 4) is 45.0 Å². The van der Waals surface area contributed by atoms with E-state index in [0.29, 0.717) is 5.82 Å². The van der Waals surface area contributed by atoms with Gasteiger partial charge < -0.3 is 4.90 Å². The van der Waals surface area contributed by atoms with Crippen molar-refractivity contribution in [3.05, 3.63) is 204 Å². The van der Waals surface area contributed by atoms with E-state index in [9.17, 15) is 0 Å². The highest BCUT2D eigenvalue weighted by Gasteiger charge is 2.51. The van der Waals surface area contributed by atoms with Gasteiger partial charge in [-0.2, -0.15) is 0 Å². The fraction of sp³-hybridized carbons (Fsp3) is 0.0217. The van der Waals surface area contributed by atoms with Gasteiger partial charge in [0.2, 0.25) is 0 Å². The molecule has 0 atom stereocenters. The highest BCUT2D eigenvalue weighted by Crippen LogP contribution is 2.63. The minimum absolute atomic E-state index is 0.555. The van der Waals surface area contributed by atoms with Crippen LogP contribution in [0.1, 0.15) is 22.3 Å². The molecule has 4 nitrogen and oxygen atoms in total. The number of aromatic nitrogens is 3. The van der Waals surface area contributed by atoms with Crippen molar-refractivity contribution in [1.82, 2.24) is 15.2 Å². The molecule has 8 aromatic rings. The predicted octanol–water partition coefficient (Wildman–Crippen LogP) is 11.0. The van der Waals surface area contributed by atoms with E-state index in [4.69, 9.17) is 15.2 Å². The summed E-state index contributed by atoms with van der Waals surface area (Å²) in [6, 6.07) is 64.5. The third-order valence-electron chi connectivity index (χ3n) is 10.2. The fourth-order valence-electron chi connectivity index (χ4n) is 8.14. The summed E-state index contributed by atoms with van der Waals surface area (Å²) in [5, 5.41) is 9.66. The van der Waals surface area contributed by atoms with Crippen LogP contribution in [0.5, 0.6) is 0 Å². The summed E-state index contributed by atoms with van der Waals surface area (Å²) in [5.41, 5.74) is 14.8. The van der Waals surface area contributed by atoms with Crippen LogP contribution in [0.25, 0.3) is 45.0 Å². The molecule has 7 aromatic carbocycles. The second-order valence-corrected chi connectivity index (χ2v) is 12.8. The third kappa shape index (κ3) is 4.09. The summed E-state index contributed by atoms with van der Waals surface area (Å²) in [4.78, 5) is 7.68. The summed E-state index contributed by atoms with van der Waals surface area (Å²) in [6.07, 6.45) is 0. The van der Waals surface area contributed by atoms with E-state index in [2.05, 4.69) is 150 Å². The molecule has 50 heavy (non-hydrogen) atoms. The van der Waals surface area contributed by atoms with Gasteiger partial charge in [0.15, 0.2) is 5.82 Å². The lowest BCUT2D eigenvalue weighted by molar-refractivity contribution is 0.752. The number of nitrogens with zero attached hydrogens (tertiary/aromatic N) is 4. The Labute approximate surface area is 291 Å². The molecule has 2 heterocycles. The number of hydrogen-bond donors (Lipinski definition) is 0. The lowest BCUT2D eigenvalue weighted by atomic mass is 9.64. The Hall–Kier alpha value is -6.65. The van der Waals surface area contributed by atoms with Gasteiger partial charge in [-0.25, -0.2) is 4.98 Å². The lowest BCUT2D eigenvalue weighted by Crippen LogP contribution is -2.36. The van der Waals surface area contributed by atoms with E-state index in [1.807, 2.05) is 36.4 Å². The van der Waals surface area contributed by atoms with Gasteiger partial charge in [-0.1, -0.05) is 146 Å². The van der Waals surface area contributed by atoms with Gasteiger partial charge in [0.1, 0.15) is 11.4 Å². The van der Waals surface area contributed by atoms with E-state index in [1.165, 1.54) is 39.1 Å². The van der Waals surface area contributed by atoms with Crippen LogP contribution in [0, 0.1) is 0 Å². The Bertz CT molecular complexity index is 2500. The van der Waals surface area contributed by atoms with Crippen LogP contribution in [-0.2, 0) is 5.41 Å². The summed E-state index contributed by atoms with van der Waals surface area (Å²) < 4.78 is 0. The smallest absolute Gasteiger partial charge is 0.182 e. The molecule has 0 unspecified atom stereocenters. The standard InChI is InChI=1S/C46H30N4/c1-4-16-31(17-5-1)43-44(32-18-6-2-7-19-32)48-49-45(47-43)33-28-29-42-40(30-33)46(37-24-12-10-22-35(37)36-23-11-13-25-38(36)46)39-26-14-15-27-41(39)50(42)34-20-8-3-9-21-34/h1-30H. The maximum atomic E-state index is 5.28.